The van der Waals surface area contributed by atoms with Crippen molar-refractivity contribution in [2.24, 2.45) is 4.99 Å². The van der Waals surface area contributed by atoms with Gasteiger partial charge in [-0.2, -0.15) is 0 Å². The second-order valence-corrected chi connectivity index (χ2v) is 7.63. The third-order valence-corrected chi connectivity index (χ3v) is 5.05. The molecule has 0 aliphatic rings. The summed E-state index contributed by atoms with van der Waals surface area (Å²) in [5.41, 5.74) is 1.25. The zero-order valence-corrected chi connectivity index (χ0v) is 17.1. The molecular weight excluding hydrogens is 372 g/mol. The van der Waals surface area contributed by atoms with Crippen LogP contribution in [0.5, 0.6) is 5.75 Å². The van der Waals surface area contributed by atoms with Crippen molar-refractivity contribution in [3.63, 3.8) is 0 Å². The van der Waals surface area contributed by atoms with E-state index >= 15 is 0 Å². The molecule has 0 saturated carbocycles. The molecule has 0 spiro atoms. The van der Waals surface area contributed by atoms with Gasteiger partial charge in [-0.05, 0) is 43.2 Å². The minimum absolute atomic E-state index is 0.567. The number of rotatable bonds is 9. The Morgan fingerprint density at radius 2 is 1.93 bits per heavy atom. The van der Waals surface area contributed by atoms with Gasteiger partial charge in [0.25, 0.3) is 0 Å². The third kappa shape index (κ3) is 6.42. The fraction of sp³-hybridized carbons (Fsp3) is 0.333. The van der Waals surface area contributed by atoms with Crippen LogP contribution < -0.4 is 15.4 Å². The van der Waals surface area contributed by atoms with Crippen molar-refractivity contribution in [1.82, 2.24) is 15.6 Å². The molecule has 0 saturated heterocycles. The van der Waals surface area contributed by atoms with E-state index < -0.39 is 0 Å². The van der Waals surface area contributed by atoms with E-state index in [1.807, 2.05) is 30.5 Å². The van der Waals surface area contributed by atoms with E-state index in [2.05, 4.69) is 39.7 Å². The van der Waals surface area contributed by atoms with Gasteiger partial charge in [0, 0.05) is 30.6 Å². The molecule has 2 heterocycles. The highest BCUT2D eigenvalue weighted by atomic mass is 32.1. The molecule has 0 fully saturated rings. The number of hydrogen-bond acceptors (Lipinski definition) is 5. The number of hydrogen-bond donors (Lipinski definition) is 2. The molecule has 1 aromatic carbocycles. The smallest absolute Gasteiger partial charge is 0.191 e. The number of furan rings is 1. The van der Waals surface area contributed by atoms with Crippen molar-refractivity contribution in [1.29, 1.82) is 0 Å². The summed E-state index contributed by atoms with van der Waals surface area (Å²) in [4.78, 5) is 10.3. The first-order valence-corrected chi connectivity index (χ1v) is 10.1. The SMILES string of the molecule is COc1ccc(CCNC(=NCc2ncc(C)s2)NCCc2ccco2)cc1. The Labute approximate surface area is 169 Å². The maximum Gasteiger partial charge on any atom is 0.191 e. The predicted octanol–water partition coefficient (Wildman–Crippen LogP) is 3.57. The Hall–Kier alpha value is -2.80. The molecule has 28 heavy (non-hydrogen) atoms. The summed E-state index contributed by atoms with van der Waals surface area (Å²) in [5.74, 6) is 2.62. The third-order valence-electron chi connectivity index (χ3n) is 4.15. The summed E-state index contributed by atoms with van der Waals surface area (Å²) in [6, 6.07) is 12.0. The van der Waals surface area contributed by atoms with Gasteiger partial charge in [0.05, 0.1) is 19.9 Å². The largest absolute Gasteiger partial charge is 0.497 e. The number of benzene rings is 1. The Bertz CT molecular complexity index is 857. The topological polar surface area (TPSA) is 71.7 Å². The van der Waals surface area contributed by atoms with Gasteiger partial charge in [0.1, 0.15) is 16.5 Å². The average Bonchev–Trinajstić information content (AvgIpc) is 3.38. The lowest BCUT2D eigenvalue weighted by Gasteiger charge is -2.12. The predicted molar refractivity (Wildman–Crippen MR) is 113 cm³/mol. The van der Waals surface area contributed by atoms with Gasteiger partial charge >= 0.3 is 0 Å². The standard InChI is InChI=1S/C21H26N4O2S/c1-16-14-24-20(28-16)15-25-21(23-12-10-19-4-3-13-27-19)22-11-9-17-5-7-18(26-2)8-6-17/h3-8,13-14H,9-12,15H2,1-2H3,(H2,22,23,25). The molecular formula is C21H26N4O2S. The molecule has 148 valence electrons. The maximum atomic E-state index is 5.39. The van der Waals surface area contributed by atoms with Crippen LogP contribution in [0, 0.1) is 6.92 Å². The number of aromatic nitrogens is 1. The van der Waals surface area contributed by atoms with E-state index in [1.54, 1.807) is 24.7 Å². The van der Waals surface area contributed by atoms with E-state index in [9.17, 15) is 0 Å². The normalized spacial score (nSPS) is 11.4. The summed E-state index contributed by atoms with van der Waals surface area (Å²) < 4.78 is 10.6. The van der Waals surface area contributed by atoms with Crippen LogP contribution in [0.3, 0.4) is 0 Å². The summed E-state index contributed by atoms with van der Waals surface area (Å²) >= 11 is 1.68. The van der Waals surface area contributed by atoms with Crippen molar-refractivity contribution >= 4 is 17.3 Å². The molecule has 7 heteroatoms. The van der Waals surface area contributed by atoms with E-state index in [1.165, 1.54) is 10.4 Å². The van der Waals surface area contributed by atoms with E-state index in [0.717, 1.165) is 48.4 Å². The fourth-order valence-electron chi connectivity index (χ4n) is 2.67. The number of aryl methyl sites for hydroxylation is 1. The summed E-state index contributed by atoms with van der Waals surface area (Å²) in [6.45, 7) is 4.16. The van der Waals surface area contributed by atoms with Crippen molar-refractivity contribution in [2.45, 2.75) is 26.3 Å². The number of aliphatic imine (C=N–C) groups is 1. The fourth-order valence-corrected chi connectivity index (χ4v) is 3.38. The van der Waals surface area contributed by atoms with Gasteiger partial charge in [0.2, 0.25) is 0 Å². The number of guanidine groups is 1. The van der Waals surface area contributed by atoms with Gasteiger partial charge < -0.3 is 19.8 Å². The summed E-state index contributed by atoms with van der Waals surface area (Å²) in [5, 5.41) is 7.80. The van der Waals surface area contributed by atoms with E-state index in [-0.39, 0.29) is 0 Å². The molecule has 0 amide bonds. The van der Waals surface area contributed by atoms with Gasteiger partial charge in [-0.3, -0.25) is 0 Å². The zero-order valence-electron chi connectivity index (χ0n) is 16.3. The molecule has 0 aliphatic carbocycles. The van der Waals surface area contributed by atoms with E-state index in [4.69, 9.17) is 9.15 Å². The lowest BCUT2D eigenvalue weighted by Crippen LogP contribution is -2.39. The lowest BCUT2D eigenvalue weighted by molar-refractivity contribution is 0.414. The highest BCUT2D eigenvalue weighted by Crippen LogP contribution is 2.12. The van der Waals surface area contributed by atoms with Crippen LogP contribution in [0.4, 0.5) is 0 Å². The average molecular weight is 399 g/mol. The van der Waals surface area contributed by atoms with Crippen LogP contribution in [-0.4, -0.2) is 31.1 Å². The number of ether oxygens (including phenoxy) is 1. The first-order chi connectivity index (χ1) is 13.7. The second-order valence-electron chi connectivity index (χ2n) is 6.31. The quantitative estimate of drug-likeness (QED) is 0.426. The number of nitrogens with zero attached hydrogens (tertiary/aromatic N) is 2. The van der Waals surface area contributed by atoms with Crippen molar-refractivity contribution in [3.05, 3.63) is 70.1 Å². The van der Waals surface area contributed by atoms with E-state index in [0.29, 0.717) is 6.54 Å². The van der Waals surface area contributed by atoms with Gasteiger partial charge in [-0.15, -0.1) is 11.3 Å². The van der Waals surface area contributed by atoms with Crippen LogP contribution in [-0.2, 0) is 19.4 Å². The number of methoxy groups -OCH3 is 1. The molecule has 3 aromatic rings. The van der Waals surface area contributed by atoms with Crippen molar-refractivity contribution in [2.75, 3.05) is 20.2 Å². The minimum atomic E-state index is 0.567. The number of thiazole rings is 1. The number of nitrogens with one attached hydrogen (secondary N) is 2. The first-order valence-electron chi connectivity index (χ1n) is 9.32. The monoisotopic (exact) mass is 398 g/mol. The Morgan fingerprint density at radius 1 is 1.14 bits per heavy atom. The van der Waals surface area contributed by atoms with Crippen LogP contribution in [0.25, 0.3) is 0 Å². The lowest BCUT2D eigenvalue weighted by atomic mass is 10.1. The van der Waals surface area contributed by atoms with Crippen LogP contribution >= 0.6 is 11.3 Å². The molecule has 0 atom stereocenters. The molecule has 0 unspecified atom stereocenters. The summed E-state index contributed by atoms with van der Waals surface area (Å²) in [6.07, 6.45) is 5.29. The highest BCUT2D eigenvalue weighted by Gasteiger charge is 2.03. The van der Waals surface area contributed by atoms with Crippen LogP contribution in [0.15, 0.2) is 58.3 Å². The Morgan fingerprint density at radius 3 is 2.57 bits per heavy atom. The minimum Gasteiger partial charge on any atom is -0.497 e. The Kier molecular flexibility index (Phi) is 7.49. The van der Waals surface area contributed by atoms with Crippen LogP contribution in [0.1, 0.15) is 21.2 Å². The molecule has 0 radical (unpaired) electrons. The summed E-state index contributed by atoms with van der Waals surface area (Å²) in [7, 11) is 1.68. The first kappa shape index (κ1) is 19.9. The molecule has 6 nitrogen and oxygen atoms in total. The second kappa shape index (κ2) is 10.5. The van der Waals surface area contributed by atoms with Gasteiger partial charge in [-0.1, -0.05) is 12.1 Å². The van der Waals surface area contributed by atoms with Gasteiger partial charge in [0.15, 0.2) is 5.96 Å². The molecule has 2 aromatic heterocycles. The van der Waals surface area contributed by atoms with Crippen LogP contribution in [0.2, 0.25) is 0 Å². The van der Waals surface area contributed by atoms with Crippen molar-refractivity contribution in [3.8, 4) is 5.75 Å². The Balaban J connectivity index is 1.52. The molecule has 0 bridgehead atoms. The molecule has 3 rings (SSSR count). The van der Waals surface area contributed by atoms with Crippen molar-refractivity contribution < 1.29 is 9.15 Å². The highest BCUT2D eigenvalue weighted by molar-refractivity contribution is 7.11. The maximum absolute atomic E-state index is 5.39. The molecule has 2 N–H and O–H groups in total. The molecule has 0 aliphatic heterocycles. The zero-order chi connectivity index (χ0) is 19.6. The van der Waals surface area contributed by atoms with Gasteiger partial charge in [-0.25, -0.2) is 9.98 Å².